The van der Waals surface area contributed by atoms with Crippen LogP contribution in [0.15, 0.2) is 11.8 Å². The SMILES string of the molecule is CC(=O)O/C=C(\C)[C@H]1CC[C@H](C)[C@@H]1C=O. The first kappa shape index (κ1) is 12.0. The van der Waals surface area contributed by atoms with Gasteiger partial charge >= 0.3 is 5.97 Å². The highest BCUT2D eigenvalue weighted by atomic mass is 16.5. The minimum Gasteiger partial charge on any atom is -0.435 e. The van der Waals surface area contributed by atoms with Crippen molar-refractivity contribution in [1.29, 1.82) is 0 Å². The van der Waals surface area contributed by atoms with Gasteiger partial charge < -0.3 is 9.53 Å². The van der Waals surface area contributed by atoms with Crippen molar-refractivity contribution in [3.63, 3.8) is 0 Å². The van der Waals surface area contributed by atoms with Crippen LogP contribution in [0.25, 0.3) is 0 Å². The molecule has 0 heterocycles. The molecule has 84 valence electrons. The van der Waals surface area contributed by atoms with Crippen molar-refractivity contribution in [2.45, 2.75) is 33.6 Å². The summed E-state index contributed by atoms with van der Waals surface area (Å²) in [7, 11) is 0. The molecule has 1 fully saturated rings. The molecule has 1 aliphatic carbocycles. The fraction of sp³-hybridized carbons (Fsp3) is 0.667. The van der Waals surface area contributed by atoms with Crippen molar-refractivity contribution in [2.24, 2.45) is 17.8 Å². The van der Waals surface area contributed by atoms with E-state index in [-0.39, 0.29) is 17.8 Å². The Balaban J connectivity index is 2.66. The first-order valence-corrected chi connectivity index (χ1v) is 5.35. The lowest BCUT2D eigenvalue weighted by Crippen LogP contribution is -2.15. The molecular formula is C12H18O3. The van der Waals surface area contributed by atoms with Gasteiger partial charge in [0.05, 0.1) is 6.26 Å². The van der Waals surface area contributed by atoms with E-state index in [9.17, 15) is 9.59 Å². The average molecular weight is 210 g/mol. The number of carbonyl (C=O) groups excluding carboxylic acids is 2. The maximum absolute atomic E-state index is 10.9. The van der Waals surface area contributed by atoms with Crippen LogP contribution >= 0.6 is 0 Å². The molecule has 1 aliphatic rings. The number of carbonyl (C=O) groups is 2. The van der Waals surface area contributed by atoms with Crippen LogP contribution in [-0.4, -0.2) is 12.3 Å². The summed E-state index contributed by atoms with van der Waals surface area (Å²) >= 11 is 0. The monoisotopic (exact) mass is 210 g/mol. The molecule has 0 radical (unpaired) electrons. The van der Waals surface area contributed by atoms with E-state index in [0.29, 0.717) is 5.92 Å². The normalized spacial score (nSPS) is 31.4. The Morgan fingerprint density at radius 2 is 2.00 bits per heavy atom. The zero-order chi connectivity index (χ0) is 11.4. The molecule has 0 N–H and O–H groups in total. The van der Waals surface area contributed by atoms with Crippen LogP contribution in [0.5, 0.6) is 0 Å². The third-order valence-electron chi connectivity index (χ3n) is 3.21. The van der Waals surface area contributed by atoms with Crippen molar-refractivity contribution in [3.8, 4) is 0 Å². The van der Waals surface area contributed by atoms with Gasteiger partial charge in [-0.1, -0.05) is 6.92 Å². The van der Waals surface area contributed by atoms with Gasteiger partial charge in [-0.2, -0.15) is 0 Å². The Bertz CT molecular complexity index is 281. The highest BCUT2D eigenvalue weighted by Crippen LogP contribution is 2.39. The topological polar surface area (TPSA) is 43.4 Å². The average Bonchev–Trinajstić information content (AvgIpc) is 2.55. The van der Waals surface area contributed by atoms with E-state index in [1.165, 1.54) is 13.2 Å². The molecule has 3 heteroatoms. The summed E-state index contributed by atoms with van der Waals surface area (Å²) in [5, 5.41) is 0. The lowest BCUT2D eigenvalue weighted by atomic mass is 9.87. The van der Waals surface area contributed by atoms with Crippen molar-refractivity contribution in [3.05, 3.63) is 11.8 Å². The molecular weight excluding hydrogens is 192 g/mol. The van der Waals surface area contributed by atoms with E-state index in [1.54, 1.807) is 0 Å². The minimum atomic E-state index is -0.317. The van der Waals surface area contributed by atoms with Crippen LogP contribution in [0, 0.1) is 17.8 Å². The van der Waals surface area contributed by atoms with Crippen LogP contribution in [0.1, 0.15) is 33.6 Å². The zero-order valence-corrected chi connectivity index (χ0v) is 9.53. The molecule has 3 nitrogen and oxygen atoms in total. The molecule has 0 spiro atoms. The molecule has 1 saturated carbocycles. The maximum Gasteiger partial charge on any atom is 0.307 e. The standard InChI is InChI=1S/C12H18O3/c1-8-4-5-11(12(8)6-13)9(2)7-15-10(3)14/h6-8,11-12H,4-5H2,1-3H3/b9-7+/t8-,11+,12-/m0/s1. The van der Waals surface area contributed by atoms with Crippen LogP contribution in [0.2, 0.25) is 0 Å². The summed E-state index contributed by atoms with van der Waals surface area (Å²) in [6.07, 6.45) is 4.60. The predicted molar refractivity (Wildman–Crippen MR) is 57.0 cm³/mol. The fourth-order valence-corrected chi connectivity index (χ4v) is 2.25. The van der Waals surface area contributed by atoms with Crippen molar-refractivity contribution in [1.82, 2.24) is 0 Å². The smallest absolute Gasteiger partial charge is 0.307 e. The van der Waals surface area contributed by atoms with Gasteiger partial charge in [-0.3, -0.25) is 4.79 Å². The van der Waals surface area contributed by atoms with Crippen molar-refractivity contribution >= 4 is 12.3 Å². The Morgan fingerprint density at radius 3 is 2.53 bits per heavy atom. The number of allylic oxidation sites excluding steroid dienone is 1. The molecule has 0 aromatic heterocycles. The van der Waals surface area contributed by atoms with Gasteiger partial charge in [0.15, 0.2) is 0 Å². The van der Waals surface area contributed by atoms with Crippen molar-refractivity contribution in [2.75, 3.05) is 0 Å². The summed E-state index contributed by atoms with van der Waals surface area (Å²) < 4.78 is 4.83. The van der Waals surface area contributed by atoms with Gasteiger partial charge in [0.2, 0.25) is 0 Å². The number of rotatable bonds is 3. The van der Waals surface area contributed by atoms with Gasteiger partial charge in [0.25, 0.3) is 0 Å². The molecule has 0 bridgehead atoms. The van der Waals surface area contributed by atoms with Gasteiger partial charge in [-0.25, -0.2) is 0 Å². The first-order chi connectivity index (χ1) is 7.06. The van der Waals surface area contributed by atoms with Gasteiger partial charge in [0, 0.05) is 12.8 Å². The summed E-state index contributed by atoms with van der Waals surface area (Å²) in [5.41, 5.74) is 0.992. The highest BCUT2D eigenvalue weighted by Gasteiger charge is 2.34. The molecule has 0 aliphatic heterocycles. The van der Waals surface area contributed by atoms with Crippen LogP contribution in [-0.2, 0) is 14.3 Å². The number of aldehydes is 1. The molecule has 15 heavy (non-hydrogen) atoms. The predicted octanol–water partition coefficient (Wildman–Crippen LogP) is 2.31. The van der Waals surface area contributed by atoms with Gasteiger partial charge in [-0.05, 0) is 37.2 Å². The number of ether oxygens (including phenoxy) is 1. The number of hydrogen-bond donors (Lipinski definition) is 0. The van der Waals surface area contributed by atoms with Crippen molar-refractivity contribution < 1.29 is 14.3 Å². The first-order valence-electron chi connectivity index (χ1n) is 5.35. The second-order valence-electron chi connectivity index (χ2n) is 4.35. The van der Waals surface area contributed by atoms with E-state index >= 15 is 0 Å². The van der Waals surface area contributed by atoms with Crippen LogP contribution in [0.4, 0.5) is 0 Å². The Morgan fingerprint density at radius 1 is 1.33 bits per heavy atom. The minimum absolute atomic E-state index is 0.0804. The molecule has 0 amide bonds. The molecule has 0 unspecified atom stereocenters. The third-order valence-corrected chi connectivity index (χ3v) is 3.21. The number of hydrogen-bond acceptors (Lipinski definition) is 3. The lowest BCUT2D eigenvalue weighted by molar-refractivity contribution is -0.135. The zero-order valence-electron chi connectivity index (χ0n) is 9.53. The molecule has 0 aromatic carbocycles. The van der Waals surface area contributed by atoms with Crippen LogP contribution < -0.4 is 0 Å². The molecule has 0 saturated heterocycles. The third kappa shape index (κ3) is 2.91. The number of esters is 1. The molecule has 1 rings (SSSR count). The molecule has 3 atom stereocenters. The van der Waals surface area contributed by atoms with E-state index in [4.69, 9.17) is 4.74 Å². The van der Waals surface area contributed by atoms with E-state index in [1.807, 2.05) is 6.92 Å². The molecule has 0 aromatic rings. The van der Waals surface area contributed by atoms with Gasteiger partial charge in [0.1, 0.15) is 6.29 Å². The largest absolute Gasteiger partial charge is 0.435 e. The second kappa shape index (κ2) is 5.10. The van der Waals surface area contributed by atoms with Crippen LogP contribution in [0.3, 0.4) is 0 Å². The summed E-state index contributed by atoms with van der Waals surface area (Å²) in [4.78, 5) is 21.6. The second-order valence-corrected chi connectivity index (χ2v) is 4.35. The Hall–Kier alpha value is -1.12. The van der Waals surface area contributed by atoms with E-state index < -0.39 is 0 Å². The summed E-state index contributed by atoms with van der Waals surface area (Å²) in [5.74, 6) is 0.449. The lowest BCUT2D eigenvalue weighted by Gasteiger charge is -2.17. The Kier molecular flexibility index (Phi) is 4.06. The fourth-order valence-electron chi connectivity index (χ4n) is 2.25. The van der Waals surface area contributed by atoms with E-state index in [2.05, 4.69) is 6.92 Å². The van der Waals surface area contributed by atoms with Gasteiger partial charge in [-0.15, -0.1) is 0 Å². The quantitative estimate of drug-likeness (QED) is 0.408. The maximum atomic E-state index is 10.9. The summed E-state index contributed by atoms with van der Waals surface area (Å²) in [6, 6.07) is 0. The highest BCUT2D eigenvalue weighted by molar-refractivity contribution is 5.66. The Labute approximate surface area is 90.5 Å². The van der Waals surface area contributed by atoms with E-state index in [0.717, 1.165) is 24.7 Å². The summed E-state index contributed by atoms with van der Waals surface area (Å²) in [6.45, 7) is 5.39.